The largest absolute Gasteiger partial charge is 0.353 e. The van der Waals surface area contributed by atoms with Gasteiger partial charge in [-0.2, -0.15) is 11.8 Å². The lowest BCUT2D eigenvalue weighted by molar-refractivity contribution is -0.123. The molecule has 1 aromatic rings. The summed E-state index contributed by atoms with van der Waals surface area (Å²) < 4.78 is 0.0855. The summed E-state index contributed by atoms with van der Waals surface area (Å²) in [5, 5.41) is 6.36. The highest BCUT2D eigenvalue weighted by Crippen LogP contribution is 2.20. The molecule has 0 spiro atoms. The standard InChI is InChI=1S/C15H22N2OS/c1-15(2,19-3)10-17-14(18)13-8-11-6-4-5-7-12(11)9-16-13/h4-7,13,16H,8-10H2,1-3H3,(H,17,18). The van der Waals surface area contributed by atoms with Crippen molar-refractivity contribution in [3.8, 4) is 0 Å². The predicted octanol–water partition coefficient (Wildman–Crippen LogP) is 1.96. The van der Waals surface area contributed by atoms with Crippen LogP contribution < -0.4 is 10.6 Å². The lowest BCUT2D eigenvalue weighted by Gasteiger charge is -2.28. The van der Waals surface area contributed by atoms with E-state index < -0.39 is 0 Å². The molecule has 0 aromatic heterocycles. The van der Waals surface area contributed by atoms with Crippen molar-refractivity contribution < 1.29 is 4.79 Å². The zero-order valence-electron chi connectivity index (χ0n) is 11.8. The van der Waals surface area contributed by atoms with E-state index in [1.54, 1.807) is 11.8 Å². The van der Waals surface area contributed by atoms with Gasteiger partial charge in [0.1, 0.15) is 0 Å². The Kier molecular flexibility index (Phi) is 4.53. The van der Waals surface area contributed by atoms with Crippen LogP contribution in [0.4, 0.5) is 0 Å². The Morgan fingerprint density at radius 3 is 2.79 bits per heavy atom. The highest BCUT2D eigenvalue weighted by atomic mass is 32.2. The summed E-state index contributed by atoms with van der Waals surface area (Å²) in [6.45, 7) is 5.76. The van der Waals surface area contributed by atoms with Gasteiger partial charge in [0.2, 0.25) is 5.91 Å². The molecule has 1 atom stereocenters. The monoisotopic (exact) mass is 278 g/mol. The zero-order chi connectivity index (χ0) is 13.9. The van der Waals surface area contributed by atoms with Crippen LogP contribution in [0.1, 0.15) is 25.0 Å². The van der Waals surface area contributed by atoms with E-state index in [0.717, 1.165) is 13.0 Å². The van der Waals surface area contributed by atoms with Crippen LogP contribution in [0, 0.1) is 0 Å². The van der Waals surface area contributed by atoms with Crippen LogP contribution in [0.2, 0.25) is 0 Å². The molecule has 2 N–H and O–H groups in total. The predicted molar refractivity (Wildman–Crippen MR) is 81.4 cm³/mol. The maximum absolute atomic E-state index is 12.2. The van der Waals surface area contributed by atoms with Gasteiger partial charge in [-0.15, -0.1) is 0 Å². The molecule has 19 heavy (non-hydrogen) atoms. The number of nitrogens with one attached hydrogen (secondary N) is 2. The van der Waals surface area contributed by atoms with Gasteiger partial charge in [-0.25, -0.2) is 0 Å². The second kappa shape index (κ2) is 5.97. The van der Waals surface area contributed by atoms with Gasteiger partial charge in [0.25, 0.3) is 0 Å². The fourth-order valence-corrected chi connectivity index (χ4v) is 2.35. The second-order valence-electron chi connectivity index (χ2n) is 5.59. The van der Waals surface area contributed by atoms with Gasteiger partial charge in [-0.05, 0) is 37.7 Å². The van der Waals surface area contributed by atoms with Crippen molar-refractivity contribution in [3.63, 3.8) is 0 Å². The SMILES string of the molecule is CSC(C)(C)CNC(=O)C1Cc2ccccc2CN1. The number of carbonyl (C=O) groups is 1. The van der Waals surface area contributed by atoms with E-state index in [0.29, 0.717) is 6.54 Å². The van der Waals surface area contributed by atoms with Gasteiger partial charge in [0.05, 0.1) is 6.04 Å². The number of thioether (sulfide) groups is 1. The lowest BCUT2D eigenvalue weighted by atomic mass is 9.95. The number of amides is 1. The number of carbonyl (C=O) groups excluding carboxylic acids is 1. The molecule has 0 fully saturated rings. The Morgan fingerprint density at radius 1 is 1.42 bits per heavy atom. The minimum Gasteiger partial charge on any atom is -0.353 e. The molecule has 0 aliphatic carbocycles. The maximum Gasteiger partial charge on any atom is 0.237 e. The van der Waals surface area contributed by atoms with Gasteiger partial charge < -0.3 is 10.6 Å². The summed E-state index contributed by atoms with van der Waals surface area (Å²) in [7, 11) is 0. The van der Waals surface area contributed by atoms with E-state index in [9.17, 15) is 4.79 Å². The molecule has 1 heterocycles. The van der Waals surface area contributed by atoms with Crippen molar-refractivity contribution in [2.24, 2.45) is 0 Å². The fraction of sp³-hybridized carbons (Fsp3) is 0.533. The molecule has 1 unspecified atom stereocenters. The molecular weight excluding hydrogens is 256 g/mol. The van der Waals surface area contributed by atoms with Gasteiger partial charge in [-0.1, -0.05) is 24.3 Å². The first-order valence-corrected chi connectivity index (χ1v) is 7.87. The summed E-state index contributed by atoms with van der Waals surface area (Å²) in [4.78, 5) is 12.2. The van der Waals surface area contributed by atoms with Gasteiger partial charge in [-0.3, -0.25) is 4.79 Å². The van der Waals surface area contributed by atoms with Crippen LogP contribution in [-0.2, 0) is 17.8 Å². The van der Waals surface area contributed by atoms with Crippen molar-refractivity contribution in [2.75, 3.05) is 12.8 Å². The van der Waals surface area contributed by atoms with Crippen molar-refractivity contribution >= 4 is 17.7 Å². The summed E-state index contributed by atoms with van der Waals surface area (Å²) in [5.74, 6) is 0.108. The molecule has 0 radical (unpaired) electrons. The third-order valence-corrected chi connectivity index (χ3v) is 4.89. The number of hydrogen-bond donors (Lipinski definition) is 2. The third kappa shape index (κ3) is 3.74. The zero-order valence-corrected chi connectivity index (χ0v) is 12.6. The summed E-state index contributed by atoms with van der Waals surface area (Å²) in [6, 6.07) is 8.21. The van der Waals surface area contributed by atoms with E-state index in [4.69, 9.17) is 0 Å². The van der Waals surface area contributed by atoms with Crippen molar-refractivity contribution in [1.29, 1.82) is 0 Å². The highest BCUT2D eigenvalue weighted by Gasteiger charge is 2.25. The van der Waals surface area contributed by atoms with Gasteiger partial charge in [0.15, 0.2) is 0 Å². The Labute approximate surface area is 119 Å². The van der Waals surface area contributed by atoms with Crippen LogP contribution >= 0.6 is 11.8 Å². The number of hydrogen-bond acceptors (Lipinski definition) is 3. The van der Waals surface area contributed by atoms with E-state index in [1.165, 1.54) is 11.1 Å². The Hall–Kier alpha value is -1.00. The first-order valence-electron chi connectivity index (χ1n) is 6.65. The molecule has 2 rings (SSSR count). The first kappa shape index (κ1) is 14.4. The fourth-order valence-electron chi connectivity index (χ4n) is 2.14. The minimum atomic E-state index is -0.104. The smallest absolute Gasteiger partial charge is 0.237 e. The molecule has 4 heteroatoms. The molecule has 1 amide bonds. The molecule has 1 aromatic carbocycles. The lowest BCUT2D eigenvalue weighted by Crippen LogP contribution is -2.50. The van der Waals surface area contributed by atoms with E-state index in [2.05, 4.69) is 42.9 Å². The van der Waals surface area contributed by atoms with Crippen LogP contribution in [0.5, 0.6) is 0 Å². The molecule has 1 aliphatic heterocycles. The van der Waals surface area contributed by atoms with E-state index >= 15 is 0 Å². The number of benzene rings is 1. The summed E-state index contributed by atoms with van der Waals surface area (Å²) in [5.41, 5.74) is 2.58. The maximum atomic E-state index is 12.2. The number of fused-ring (bicyclic) bond motifs is 1. The minimum absolute atomic E-state index is 0.0855. The normalized spacial score (nSPS) is 18.8. The average Bonchev–Trinajstić information content (AvgIpc) is 2.44. The van der Waals surface area contributed by atoms with Crippen molar-refractivity contribution in [2.45, 2.75) is 37.6 Å². The summed E-state index contributed by atoms with van der Waals surface area (Å²) >= 11 is 1.77. The molecule has 1 aliphatic rings. The van der Waals surface area contributed by atoms with Gasteiger partial charge >= 0.3 is 0 Å². The third-order valence-electron chi connectivity index (χ3n) is 3.64. The quantitative estimate of drug-likeness (QED) is 0.884. The topological polar surface area (TPSA) is 41.1 Å². The first-order chi connectivity index (χ1) is 9.02. The molecule has 104 valence electrons. The Morgan fingerprint density at radius 2 is 2.11 bits per heavy atom. The molecule has 0 saturated heterocycles. The Bertz CT molecular complexity index is 459. The number of rotatable bonds is 4. The molecular formula is C15H22N2OS. The second-order valence-corrected chi connectivity index (χ2v) is 7.10. The van der Waals surface area contributed by atoms with Crippen LogP contribution in [0.25, 0.3) is 0 Å². The van der Waals surface area contributed by atoms with Crippen molar-refractivity contribution in [1.82, 2.24) is 10.6 Å². The van der Waals surface area contributed by atoms with Crippen LogP contribution in [-0.4, -0.2) is 29.5 Å². The van der Waals surface area contributed by atoms with Crippen molar-refractivity contribution in [3.05, 3.63) is 35.4 Å². The summed E-state index contributed by atoms with van der Waals surface area (Å²) in [6.07, 6.45) is 2.85. The van der Waals surface area contributed by atoms with E-state index in [1.807, 2.05) is 12.1 Å². The highest BCUT2D eigenvalue weighted by molar-refractivity contribution is 7.99. The van der Waals surface area contributed by atoms with Crippen LogP contribution in [0.15, 0.2) is 24.3 Å². The Balaban J connectivity index is 1.92. The molecule has 3 nitrogen and oxygen atoms in total. The van der Waals surface area contributed by atoms with E-state index in [-0.39, 0.29) is 16.7 Å². The van der Waals surface area contributed by atoms with Gasteiger partial charge in [0, 0.05) is 17.8 Å². The molecule has 0 saturated carbocycles. The average molecular weight is 278 g/mol. The van der Waals surface area contributed by atoms with Crippen LogP contribution in [0.3, 0.4) is 0 Å². The molecule has 0 bridgehead atoms.